The molecule has 1 heterocycles. The highest BCUT2D eigenvalue weighted by Crippen LogP contribution is 2.38. The third kappa shape index (κ3) is 5.55. The third-order valence-corrected chi connectivity index (χ3v) is 5.88. The zero-order chi connectivity index (χ0) is 25.8. The van der Waals surface area contributed by atoms with Crippen molar-refractivity contribution < 1.29 is 28.3 Å². The summed E-state index contributed by atoms with van der Waals surface area (Å²) < 4.78 is 31.2. The van der Waals surface area contributed by atoms with Crippen LogP contribution in [0.1, 0.15) is 23.6 Å². The number of carbonyl (C=O) groups excluding carboxylic acids is 1. The average molecular weight is 576 g/mol. The van der Waals surface area contributed by atoms with Gasteiger partial charge in [0.1, 0.15) is 17.4 Å². The van der Waals surface area contributed by atoms with Gasteiger partial charge in [-0.15, -0.1) is 0 Å². The van der Waals surface area contributed by atoms with Gasteiger partial charge >= 0.3 is 5.97 Å². The molecule has 11 heteroatoms. The number of nitro benzene ring substituents is 1. The van der Waals surface area contributed by atoms with Crippen molar-refractivity contribution >= 4 is 51.2 Å². The van der Waals surface area contributed by atoms with E-state index in [-0.39, 0.29) is 40.3 Å². The number of benzene rings is 3. The number of halogens is 3. The molecule has 0 aromatic heterocycles. The molecular weight excluding hydrogens is 559 g/mol. The lowest BCUT2D eigenvalue weighted by atomic mass is 10.1. The van der Waals surface area contributed by atoms with E-state index in [0.717, 1.165) is 0 Å². The van der Waals surface area contributed by atoms with Crippen molar-refractivity contribution in [1.82, 2.24) is 0 Å². The number of carbonyl (C=O) groups is 1. The van der Waals surface area contributed by atoms with Crippen LogP contribution in [0.2, 0.25) is 5.02 Å². The second-order valence-electron chi connectivity index (χ2n) is 7.40. The van der Waals surface area contributed by atoms with E-state index in [4.69, 9.17) is 25.8 Å². The van der Waals surface area contributed by atoms with Crippen LogP contribution in [0.25, 0.3) is 6.08 Å². The Bertz CT molecular complexity index is 1430. The lowest BCUT2D eigenvalue weighted by Gasteiger charge is -2.15. The van der Waals surface area contributed by atoms with E-state index in [0.29, 0.717) is 33.7 Å². The lowest BCUT2D eigenvalue weighted by molar-refractivity contribution is -0.384. The number of aliphatic imine (C=N–C) groups is 1. The van der Waals surface area contributed by atoms with Crippen LogP contribution >= 0.6 is 27.5 Å². The molecule has 0 saturated carbocycles. The summed E-state index contributed by atoms with van der Waals surface area (Å²) in [7, 11) is 0. The molecule has 36 heavy (non-hydrogen) atoms. The highest BCUT2D eigenvalue weighted by atomic mass is 79.9. The quantitative estimate of drug-likeness (QED) is 0.132. The van der Waals surface area contributed by atoms with E-state index in [1.165, 1.54) is 30.3 Å². The van der Waals surface area contributed by atoms with Crippen molar-refractivity contribution in [2.24, 2.45) is 4.99 Å². The van der Waals surface area contributed by atoms with Crippen LogP contribution in [0.5, 0.6) is 11.5 Å². The minimum atomic E-state index is -0.725. The van der Waals surface area contributed by atoms with Gasteiger partial charge < -0.3 is 14.2 Å². The molecule has 0 amide bonds. The fourth-order valence-corrected chi connectivity index (χ4v) is 4.08. The molecule has 0 bridgehead atoms. The van der Waals surface area contributed by atoms with E-state index in [1.807, 2.05) is 0 Å². The van der Waals surface area contributed by atoms with Gasteiger partial charge in [0.15, 0.2) is 17.2 Å². The largest absolute Gasteiger partial charge is 0.490 e. The van der Waals surface area contributed by atoms with Gasteiger partial charge in [-0.05, 0) is 64.8 Å². The van der Waals surface area contributed by atoms with Crippen LogP contribution in [0, 0.1) is 15.9 Å². The number of ether oxygens (including phenoxy) is 3. The molecule has 0 atom stereocenters. The van der Waals surface area contributed by atoms with Gasteiger partial charge in [-0.3, -0.25) is 10.1 Å². The minimum absolute atomic E-state index is 0.0149. The van der Waals surface area contributed by atoms with Crippen LogP contribution in [-0.4, -0.2) is 23.4 Å². The monoisotopic (exact) mass is 574 g/mol. The molecule has 0 fully saturated rings. The molecule has 0 spiro atoms. The van der Waals surface area contributed by atoms with E-state index in [2.05, 4.69) is 20.9 Å². The first-order valence-corrected chi connectivity index (χ1v) is 11.7. The Labute approximate surface area is 218 Å². The molecule has 0 aliphatic carbocycles. The molecule has 1 aliphatic rings. The summed E-state index contributed by atoms with van der Waals surface area (Å²) >= 11 is 9.29. The predicted molar refractivity (Wildman–Crippen MR) is 135 cm³/mol. The SMILES string of the molecule is CCOc1cc(/C=C2\N=C(c3ccc(Cl)c([N+](=O)[O-])c3)OC2=O)cc(Br)c1OCc1ccccc1F. The highest BCUT2D eigenvalue weighted by molar-refractivity contribution is 9.10. The highest BCUT2D eigenvalue weighted by Gasteiger charge is 2.26. The fourth-order valence-electron chi connectivity index (χ4n) is 3.32. The number of nitrogens with zero attached hydrogens (tertiary/aromatic N) is 2. The number of esters is 1. The third-order valence-electron chi connectivity index (χ3n) is 4.98. The van der Waals surface area contributed by atoms with Gasteiger partial charge in [0.25, 0.3) is 5.69 Å². The molecule has 0 unspecified atom stereocenters. The molecule has 184 valence electrons. The standard InChI is InChI=1S/C25H17BrClFN2O6/c1-2-34-22-11-14(9-17(26)23(22)35-13-16-5-3-4-6-19(16)28)10-20-25(31)36-24(29-20)15-7-8-18(27)21(12-15)30(32)33/h3-12H,2,13H2,1H3/b20-10-. The number of cyclic esters (lactones) is 1. The van der Waals surface area contributed by atoms with Crippen LogP contribution in [0.3, 0.4) is 0 Å². The lowest BCUT2D eigenvalue weighted by Crippen LogP contribution is -2.06. The van der Waals surface area contributed by atoms with E-state index >= 15 is 0 Å². The van der Waals surface area contributed by atoms with Crippen LogP contribution in [-0.2, 0) is 16.1 Å². The molecule has 0 N–H and O–H groups in total. The van der Waals surface area contributed by atoms with Crippen molar-refractivity contribution in [1.29, 1.82) is 0 Å². The fraction of sp³-hybridized carbons (Fsp3) is 0.120. The number of hydrogen-bond donors (Lipinski definition) is 0. The predicted octanol–water partition coefficient (Wildman–Crippen LogP) is 6.47. The number of rotatable bonds is 8. The molecule has 8 nitrogen and oxygen atoms in total. The Hall–Kier alpha value is -3.76. The first-order valence-electron chi connectivity index (χ1n) is 10.6. The zero-order valence-electron chi connectivity index (χ0n) is 18.7. The summed E-state index contributed by atoms with van der Waals surface area (Å²) in [6.07, 6.45) is 1.48. The summed E-state index contributed by atoms with van der Waals surface area (Å²) in [5.41, 5.74) is 0.813. The van der Waals surface area contributed by atoms with E-state index in [1.54, 1.807) is 37.3 Å². The molecular formula is C25H17BrClFN2O6. The maximum Gasteiger partial charge on any atom is 0.363 e. The first-order chi connectivity index (χ1) is 17.3. The molecule has 0 saturated heterocycles. The van der Waals surface area contributed by atoms with Crippen molar-refractivity contribution in [3.63, 3.8) is 0 Å². The van der Waals surface area contributed by atoms with Crippen molar-refractivity contribution in [3.05, 3.63) is 102 Å². The summed E-state index contributed by atoms with van der Waals surface area (Å²) in [4.78, 5) is 27.2. The van der Waals surface area contributed by atoms with Gasteiger partial charge in [-0.25, -0.2) is 14.2 Å². The van der Waals surface area contributed by atoms with Crippen LogP contribution < -0.4 is 9.47 Å². The Morgan fingerprint density at radius 3 is 2.69 bits per heavy atom. The Balaban J connectivity index is 1.63. The second-order valence-corrected chi connectivity index (χ2v) is 8.66. The Morgan fingerprint density at radius 2 is 1.97 bits per heavy atom. The van der Waals surface area contributed by atoms with Gasteiger partial charge in [0.2, 0.25) is 5.90 Å². The number of hydrogen-bond acceptors (Lipinski definition) is 7. The van der Waals surface area contributed by atoms with Gasteiger partial charge in [-0.1, -0.05) is 29.8 Å². The van der Waals surface area contributed by atoms with Gasteiger partial charge in [-0.2, -0.15) is 0 Å². The zero-order valence-corrected chi connectivity index (χ0v) is 21.0. The smallest absolute Gasteiger partial charge is 0.363 e. The van der Waals surface area contributed by atoms with Crippen molar-refractivity contribution in [2.75, 3.05) is 6.61 Å². The van der Waals surface area contributed by atoms with Gasteiger partial charge in [0.05, 0.1) is 16.0 Å². The second kappa shape index (κ2) is 10.9. The minimum Gasteiger partial charge on any atom is -0.490 e. The summed E-state index contributed by atoms with van der Waals surface area (Å²) in [5, 5.41) is 11.1. The van der Waals surface area contributed by atoms with Crippen LogP contribution in [0.15, 0.2) is 69.8 Å². The van der Waals surface area contributed by atoms with Crippen molar-refractivity contribution in [2.45, 2.75) is 13.5 Å². The summed E-state index contributed by atoms with van der Waals surface area (Å²) in [6, 6.07) is 13.6. The first kappa shape index (κ1) is 25.3. The maximum absolute atomic E-state index is 14.0. The molecule has 3 aromatic rings. The maximum atomic E-state index is 14.0. The van der Waals surface area contributed by atoms with Crippen molar-refractivity contribution in [3.8, 4) is 11.5 Å². The van der Waals surface area contributed by atoms with E-state index in [9.17, 15) is 19.3 Å². The molecule has 4 rings (SSSR count). The van der Waals surface area contributed by atoms with Crippen LogP contribution in [0.4, 0.5) is 10.1 Å². The normalized spacial score (nSPS) is 13.9. The summed E-state index contributed by atoms with van der Waals surface area (Å²) in [5.74, 6) is -0.447. The summed E-state index contributed by atoms with van der Waals surface area (Å²) in [6.45, 7) is 2.12. The van der Waals surface area contributed by atoms with Gasteiger partial charge in [0, 0.05) is 17.2 Å². The molecule has 0 radical (unpaired) electrons. The van der Waals surface area contributed by atoms with E-state index < -0.39 is 10.9 Å². The Morgan fingerprint density at radius 1 is 1.19 bits per heavy atom. The average Bonchev–Trinajstić information content (AvgIpc) is 3.20. The molecule has 1 aliphatic heterocycles. The topological polar surface area (TPSA) is 100 Å². The number of nitro groups is 1. The molecule has 3 aromatic carbocycles. The Kier molecular flexibility index (Phi) is 7.66.